The number of nitrogens with one attached hydrogen (secondary N) is 1. The van der Waals surface area contributed by atoms with E-state index in [-0.39, 0.29) is 0 Å². The molecule has 0 aliphatic rings. The molecular formula is C20H43N. The number of rotatable bonds is 13. The van der Waals surface area contributed by atoms with E-state index < -0.39 is 0 Å². The molecule has 1 N–H and O–H groups in total. The maximum Gasteiger partial charge on any atom is 0.00696 e. The molecule has 0 aliphatic heterocycles. The average molecular weight is 298 g/mol. The van der Waals surface area contributed by atoms with Crippen molar-refractivity contribution in [2.75, 3.05) is 6.54 Å². The van der Waals surface area contributed by atoms with Crippen LogP contribution >= 0.6 is 0 Å². The Kier molecular flexibility index (Phi) is 12.5. The van der Waals surface area contributed by atoms with Gasteiger partial charge in [-0.05, 0) is 30.7 Å². The van der Waals surface area contributed by atoms with Crippen molar-refractivity contribution in [3.8, 4) is 0 Å². The lowest BCUT2D eigenvalue weighted by Crippen LogP contribution is -2.33. The maximum absolute atomic E-state index is 3.70. The third kappa shape index (κ3) is 12.2. The molecule has 2 unspecified atom stereocenters. The van der Waals surface area contributed by atoms with Crippen LogP contribution in [0.5, 0.6) is 0 Å². The van der Waals surface area contributed by atoms with Crippen molar-refractivity contribution < 1.29 is 0 Å². The van der Waals surface area contributed by atoms with Crippen LogP contribution in [0.15, 0.2) is 0 Å². The summed E-state index contributed by atoms with van der Waals surface area (Å²) in [5.41, 5.74) is 0.437. The first-order valence-corrected chi connectivity index (χ1v) is 9.65. The van der Waals surface area contributed by atoms with Crippen LogP contribution in [0, 0.1) is 11.3 Å². The molecule has 0 bridgehead atoms. The summed E-state index contributed by atoms with van der Waals surface area (Å²) >= 11 is 0. The molecule has 128 valence electrons. The topological polar surface area (TPSA) is 12.0 Å². The van der Waals surface area contributed by atoms with Gasteiger partial charge < -0.3 is 5.32 Å². The fourth-order valence-electron chi connectivity index (χ4n) is 2.90. The van der Waals surface area contributed by atoms with E-state index in [1.807, 2.05) is 0 Å². The Morgan fingerprint density at radius 1 is 0.810 bits per heavy atom. The normalized spacial score (nSPS) is 15.1. The van der Waals surface area contributed by atoms with Crippen LogP contribution in [-0.4, -0.2) is 12.6 Å². The summed E-state index contributed by atoms with van der Waals surface area (Å²) in [5.74, 6) is 0.788. The van der Waals surface area contributed by atoms with Gasteiger partial charge in [0.05, 0.1) is 0 Å². The summed E-state index contributed by atoms with van der Waals surface area (Å²) in [4.78, 5) is 0. The van der Waals surface area contributed by atoms with Gasteiger partial charge in [-0.2, -0.15) is 0 Å². The SMILES string of the molecule is CCCCCCCCCCC(CC(C)C(C)(C)C)NCC. The lowest BCUT2D eigenvalue weighted by molar-refractivity contribution is 0.218. The predicted octanol–water partition coefficient (Wildman–Crippen LogP) is 6.57. The van der Waals surface area contributed by atoms with E-state index in [1.165, 1.54) is 64.2 Å². The van der Waals surface area contributed by atoms with Crippen LogP contribution in [0.4, 0.5) is 0 Å². The van der Waals surface area contributed by atoms with Crippen molar-refractivity contribution >= 4 is 0 Å². The van der Waals surface area contributed by atoms with Crippen LogP contribution in [0.3, 0.4) is 0 Å². The van der Waals surface area contributed by atoms with Gasteiger partial charge in [-0.15, -0.1) is 0 Å². The van der Waals surface area contributed by atoms with Crippen molar-refractivity contribution in [3.05, 3.63) is 0 Å². The minimum atomic E-state index is 0.437. The van der Waals surface area contributed by atoms with Crippen molar-refractivity contribution in [2.24, 2.45) is 11.3 Å². The Balaban J connectivity index is 3.74. The molecule has 1 heteroatoms. The molecule has 0 saturated carbocycles. The van der Waals surface area contributed by atoms with E-state index in [0.717, 1.165) is 18.5 Å². The summed E-state index contributed by atoms with van der Waals surface area (Å²) in [7, 11) is 0. The van der Waals surface area contributed by atoms with E-state index in [1.54, 1.807) is 0 Å². The summed E-state index contributed by atoms with van der Waals surface area (Å²) in [6, 6.07) is 0.726. The Morgan fingerprint density at radius 3 is 1.81 bits per heavy atom. The zero-order valence-corrected chi connectivity index (χ0v) is 15.9. The third-order valence-electron chi connectivity index (χ3n) is 5.02. The van der Waals surface area contributed by atoms with Crippen LogP contribution in [0.25, 0.3) is 0 Å². The van der Waals surface area contributed by atoms with Crippen molar-refractivity contribution in [2.45, 2.75) is 112 Å². The van der Waals surface area contributed by atoms with Gasteiger partial charge in [-0.1, -0.05) is 92.9 Å². The quantitative estimate of drug-likeness (QED) is 0.379. The Hall–Kier alpha value is -0.0400. The smallest absolute Gasteiger partial charge is 0.00696 e. The van der Waals surface area contributed by atoms with Gasteiger partial charge in [0, 0.05) is 6.04 Å². The number of hydrogen-bond donors (Lipinski definition) is 1. The fourth-order valence-corrected chi connectivity index (χ4v) is 2.90. The zero-order valence-electron chi connectivity index (χ0n) is 15.9. The van der Waals surface area contributed by atoms with Gasteiger partial charge >= 0.3 is 0 Å². The summed E-state index contributed by atoms with van der Waals surface area (Å²) < 4.78 is 0. The molecule has 0 amide bonds. The highest BCUT2D eigenvalue weighted by atomic mass is 14.9. The van der Waals surface area contributed by atoms with Crippen molar-refractivity contribution in [3.63, 3.8) is 0 Å². The van der Waals surface area contributed by atoms with Gasteiger partial charge in [0.1, 0.15) is 0 Å². The first kappa shape index (κ1) is 21.0. The highest BCUT2D eigenvalue weighted by Crippen LogP contribution is 2.30. The number of unbranched alkanes of at least 4 members (excludes halogenated alkanes) is 7. The van der Waals surface area contributed by atoms with E-state index in [4.69, 9.17) is 0 Å². The first-order valence-electron chi connectivity index (χ1n) is 9.65. The van der Waals surface area contributed by atoms with Gasteiger partial charge in [-0.3, -0.25) is 0 Å². The monoisotopic (exact) mass is 297 g/mol. The molecule has 0 aromatic carbocycles. The average Bonchev–Trinajstić information content (AvgIpc) is 2.40. The number of hydrogen-bond acceptors (Lipinski definition) is 1. The molecule has 2 atom stereocenters. The minimum Gasteiger partial charge on any atom is -0.314 e. The highest BCUT2D eigenvalue weighted by Gasteiger charge is 2.22. The van der Waals surface area contributed by atoms with Crippen LogP contribution in [0.2, 0.25) is 0 Å². The van der Waals surface area contributed by atoms with Gasteiger partial charge in [0.15, 0.2) is 0 Å². The Bertz CT molecular complexity index is 216. The molecule has 1 nitrogen and oxygen atoms in total. The second-order valence-corrected chi connectivity index (χ2v) is 8.02. The molecule has 21 heavy (non-hydrogen) atoms. The van der Waals surface area contributed by atoms with Gasteiger partial charge in [-0.25, -0.2) is 0 Å². The fraction of sp³-hybridized carbons (Fsp3) is 1.00. The zero-order chi connectivity index (χ0) is 16.1. The predicted molar refractivity (Wildman–Crippen MR) is 97.9 cm³/mol. The van der Waals surface area contributed by atoms with E-state index in [2.05, 4.69) is 46.9 Å². The summed E-state index contributed by atoms with van der Waals surface area (Å²) in [6.45, 7) is 15.2. The second kappa shape index (κ2) is 12.5. The molecule has 0 saturated heterocycles. The molecule has 0 rings (SSSR count). The van der Waals surface area contributed by atoms with E-state index >= 15 is 0 Å². The molecular weight excluding hydrogens is 254 g/mol. The van der Waals surface area contributed by atoms with E-state index in [0.29, 0.717) is 5.41 Å². The molecule has 0 spiro atoms. The standard InChI is InChI=1S/C20H43N/c1-7-9-10-11-12-13-14-15-16-19(21-8-2)17-18(3)20(4,5)6/h18-19,21H,7-17H2,1-6H3. The second-order valence-electron chi connectivity index (χ2n) is 8.02. The van der Waals surface area contributed by atoms with E-state index in [9.17, 15) is 0 Å². The Labute approximate surface area is 135 Å². The van der Waals surface area contributed by atoms with Gasteiger partial charge in [0.2, 0.25) is 0 Å². The van der Waals surface area contributed by atoms with Crippen LogP contribution < -0.4 is 5.32 Å². The molecule has 0 aromatic rings. The molecule has 0 aromatic heterocycles. The maximum atomic E-state index is 3.70. The Morgan fingerprint density at radius 2 is 1.33 bits per heavy atom. The summed E-state index contributed by atoms with van der Waals surface area (Å²) in [5, 5.41) is 3.70. The molecule has 0 heterocycles. The largest absolute Gasteiger partial charge is 0.314 e. The van der Waals surface area contributed by atoms with Crippen LogP contribution in [0.1, 0.15) is 106 Å². The minimum absolute atomic E-state index is 0.437. The van der Waals surface area contributed by atoms with Crippen molar-refractivity contribution in [1.29, 1.82) is 0 Å². The first-order chi connectivity index (χ1) is 9.91. The van der Waals surface area contributed by atoms with Gasteiger partial charge in [0.25, 0.3) is 0 Å². The van der Waals surface area contributed by atoms with Crippen molar-refractivity contribution in [1.82, 2.24) is 5.32 Å². The summed E-state index contributed by atoms with van der Waals surface area (Å²) in [6.07, 6.45) is 14.1. The molecule has 0 radical (unpaired) electrons. The van der Waals surface area contributed by atoms with Crippen LogP contribution in [-0.2, 0) is 0 Å². The highest BCUT2D eigenvalue weighted by molar-refractivity contribution is 4.77. The molecule has 0 aliphatic carbocycles. The molecule has 0 fully saturated rings. The lowest BCUT2D eigenvalue weighted by Gasteiger charge is -2.31. The lowest BCUT2D eigenvalue weighted by atomic mass is 9.78. The third-order valence-corrected chi connectivity index (χ3v) is 5.02.